The van der Waals surface area contributed by atoms with Gasteiger partial charge in [-0.25, -0.2) is 9.78 Å². The number of carboxylic acid groups (broad SMARTS) is 1. The van der Waals surface area contributed by atoms with Gasteiger partial charge in [0, 0.05) is 28.7 Å². The third kappa shape index (κ3) is 2.08. The molecule has 0 radical (unpaired) electrons. The van der Waals surface area contributed by atoms with E-state index in [9.17, 15) is 9.90 Å². The maximum absolute atomic E-state index is 11.5. The van der Waals surface area contributed by atoms with Crippen molar-refractivity contribution in [2.45, 2.75) is 0 Å². The Bertz CT molecular complexity index is 826. The summed E-state index contributed by atoms with van der Waals surface area (Å²) in [4.78, 5) is 16.0. The molecule has 0 atom stereocenters. The van der Waals surface area contributed by atoms with Gasteiger partial charge in [-0.05, 0) is 18.2 Å². The van der Waals surface area contributed by atoms with E-state index in [1.54, 1.807) is 42.3 Å². The van der Waals surface area contributed by atoms with Crippen LogP contribution in [0.15, 0.2) is 41.1 Å². The highest BCUT2D eigenvalue weighted by Crippen LogP contribution is 2.29. The molecule has 100 valence electrons. The Balaban J connectivity index is 2.34. The Morgan fingerprint density at radius 3 is 2.85 bits per heavy atom. The topological polar surface area (TPSA) is 68.0 Å². The van der Waals surface area contributed by atoms with E-state index in [1.807, 2.05) is 6.07 Å². The number of benzene rings is 1. The van der Waals surface area contributed by atoms with Crippen molar-refractivity contribution in [1.82, 2.24) is 14.8 Å². The molecule has 0 bridgehead atoms. The summed E-state index contributed by atoms with van der Waals surface area (Å²) in [6, 6.07) is 7.01. The standard InChI is InChI=1S/C14H10BrN3O2/c1-18-7-8(6-16-18)12-5-9(14(19)20)13-10(15)3-2-4-11(13)17-12/h2-7H,1H3,(H,19,20). The van der Waals surface area contributed by atoms with Gasteiger partial charge < -0.3 is 5.11 Å². The van der Waals surface area contributed by atoms with Gasteiger partial charge in [-0.1, -0.05) is 22.0 Å². The van der Waals surface area contributed by atoms with Crippen LogP contribution in [0.3, 0.4) is 0 Å². The molecule has 0 saturated carbocycles. The summed E-state index contributed by atoms with van der Waals surface area (Å²) in [6.07, 6.45) is 3.47. The van der Waals surface area contributed by atoms with Crippen LogP contribution in [0.1, 0.15) is 10.4 Å². The molecule has 3 aromatic rings. The minimum Gasteiger partial charge on any atom is -0.478 e. The van der Waals surface area contributed by atoms with Crippen molar-refractivity contribution in [3.63, 3.8) is 0 Å². The van der Waals surface area contributed by atoms with Gasteiger partial charge in [0.2, 0.25) is 0 Å². The molecule has 2 heterocycles. The van der Waals surface area contributed by atoms with Crippen molar-refractivity contribution in [2.24, 2.45) is 7.05 Å². The van der Waals surface area contributed by atoms with Gasteiger partial charge in [-0.3, -0.25) is 4.68 Å². The number of halogens is 1. The van der Waals surface area contributed by atoms with Crippen LogP contribution in [0.25, 0.3) is 22.2 Å². The molecular formula is C14H10BrN3O2. The summed E-state index contributed by atoms with van der Waals surface area (Å²) in [5, 5.41) is 14.1. The van der Waals surface area contributed by atoms with Gasteiger partial charge in [-0.2, -0.15) is 5.10 Å². The molecule has 3 rings (SSSR count). The maximum atomic E-state index is 11.5. The van der Waals surface area contributed by atoms with E-state index in [0.717, 1.165) is 10.0 Å². The van der Waals surface area contributed by atoms with E-state index in [2.05, 4.69) is 26.0 Å². The summed E-state index contributed by atoms with van der Waals surface area (Å²) in [5.41, 5.74) is 2.25. The lowest BCUT2D eigenvalue weighted by Crippen LogP contribution is -2.00. The molecule has 0 aliphatic rings. The van der Waals surface area contributed by atoms with Gasteiger partial charge in [-0.15, -0.1) is 0 Å². The molecular weight excluding hydrogens is 322 g/mol. The van der Waals surface area contributed by atoms with E-state index in [-0.39, 0.29) is 5.56 Å². The number of nitrogens with zero attached hydrogens (tertiary/aromatic N) is 3. The second-order valence-corrected chi connectivity index (χ2v) is 5.25. The van der Waals surface area contributed by atoms with E-state index >= 15 is 0 Å². The van der Waals surface area contributed by atoms with Crippen LogP contribution in [0.2, 0.25) is 0 Å². The van der Waals surface area contributed by atoms with Crippen molar-refractivity contribution < 1.29 is 9.90 Å². The Morgan fingerprint density at radius 2 is 2.20 bits per heavy atom. The molecule has 0 unspecified atom stereocenters. The molecule has 2 aromatic heterocycles. The van der Waals surface area contributed by atoms with Gasteiger partial charge in [0.05, 0.1) is 23.0 Å². The van der Waals surface area contributed by atoms with Crippen LogP contribution in [-0.2, 0) is 7.05 Å². The average Bonchev–Trinajstić information content (AvgIpc) is 2.84. The number of hydrogen-bond donors (Lipinski definition) is 1. The summed E-state index contributed by atoms with van der Waals surface area (Å²) < 4.78 is 2.38. The Hall–Kier alpha value is -2.21. The van der Waals surface area contributed by atoms with E-state index in [1.165, 1.54) is 0 Å². The normalized spacial score (nSPS) is 10.9. The molecule has 5 nitrogen and oxygen atoms in total. The first-order valence-electron chi connectivity index (χ1n) is 5.88. The minimum absolute atomic E-state index is 0.223. The predicted octanol–water partition coefficient (Wildman–Crippen LogP) is 3.10. The van der Waals surface area contributed by atoms with Crippen LogP contribution in [0.4, 0.5) is 0 Å². The summed E-state index contributed by atoms with van der Waals surface area (Å²) >= 11 is 3.38. The van der Waals surface area contributed by atoms with Crippen molar-refractivity contribution in [2.75, 3.05) is 0 Å². The number of aromatic nitrogens is 3. The molecule has 20 heavy (non-hydrogen) atoms. The van der Waals surface area contributed by atoms with Gasteiger partial charge >= 0.3 is 5.97 Å². The molecule has 0 aliphatic carbocycles. The van der Waals surface area contributed by atoms with E-state index < -0.39 is 5.97 Å². The summed E-state index contributed by atoms with van der Waals surface area (Å²) in [6.45, 7) is 0. The lowest BCUT2D eigenvalue weighted by molar-refractivity contribution is 0.0699. The smallest absolute Gasteiger partial charge is 0.336 e. The van der Waals surface area contributed by atoms with Crippen molar-refractivity contribution in [3.8, 4) is 11.3 Å². The zero-order valence-corrected chi connectivity index (χ0v) is 12.1. The van der Waals surface area contributed by atoms with E-state index in [4.69, 9.17) is 0 Å². The highest BCUT2D eigenvalue weighted by molar-refractivity contribution is 9.10. The highest BCUT2D eigenvalue weighted by Gasteiger charge is 2.15. The number of fused-ring (bicyclic) bond motifs is 1. The number of carboxylic acids is 1. The molecule has 0 aliphatic heterocycles. The third-order valence-corrected chi connectivity index (χ3v) is 3.67. The predicted molar refractivity (Wildman–Crippen MR) is 78.6 cm³/mol. The Labute approximate surface area is 123 Å². The fourth-order valence-corrected chi connectivity index (χ4v) is 2.68. The fraction of sp³-hybridized carbons (Fsp3) is 0.0714. The minimum atomic E-state index is -0.977. The molecule has 1 aromatic carbocycles. The monoisotopic (exact) mass is 331 g/mol. The second-order valence-electron chi connectivity index (χ2n) is 4.40. The maximum Gasteiger partial charge on any atom is 0.336 e. The first-order chi connectivity index (χ1) is 9.56. The molecule has 0 amide bonds. The second kappa shape index (κ2) is 4.72. The highest BCUT2D eigenvalue weighted by atomic mass is 79.9. The molecule has 0 saturated heterocycles. The SMILES string of the molecule is Cn1cc(-c2cc(C(=O)O)c3c(Br)cccc3n2)cn1. The van der Waals surface area contributed by atoms with Crippen LogP contribution in [0, 0.1) is 0 Å². The Morgan fingerprint density at radius 1 is 1.40 bits per heavy atom. The fourth-order valence-electron chi connectivity index (χ4n) is 2.11. The Kier molecular flexibility index (Phi) is 3.02. The van der Waals surface area contributed by atoms with Crippen molar-refractivity contribution in [3.05, 3.63) is 46.7 Å². The van der Waals surface area contributed by atoms with Gasteiger partial charge in [0.25, 0.3) is 0 Å². The largest absolute Gasteiger partial charge is 0.478 e. The number of aromatic carboxylic acids is 1. The van der Waals surface area contributed by atoms with Crippen LogP contribution in [-0.4, -0.2) is 25.8 Å². The molecule has 0 spiro atoms. The zero-order chi connectivity index (χ0) is 14.3. The third-order valence-electron chi connectivity index (χ3n) is 3.01. The molecule has 1 N–H and O–H groups in total. The molecule has 6 heteroatoms. The van der Waals surface area contributed by atoms with Crippen molar-refractivity contribution in [1.29, 1.82) is 0 Å². The average molecular weight is 332 g/mol. The number of hydrogen-bond acceptors (Lipinski definition) is 3. The van der Waals surface area contributed by atoms with Gasteiger partial charge in [0.1, 0.15) is 0 Å². The lowest BCUT2D eigenvalue weighted by Gasteiger charge is -2.07. The molecule has 0 fully saturated rings. The lowest BCUT2D eigenvalue weighted by atomic mass is 10.1. The first-order valence-corrected chi connectivity index (χ1v) is 6.67. The summed E-state index contributed by atoms with van der Waals surface area (Å²) in [7, 11) is 1.80. The number of rotatable bonds is 2. The number of aryl methyl sites for hydroxylation is 1. The van der Waals surface area contributed by atoms with Crippen LogP contribution < -0.4 is 0 Å². The van der Waals surface area contributed by atoms with Crippen LogP contribution >= 0.6 is 15.9 Å². The first kappa shape index (κ1) is 12.8. The number of pyridine rings is 1. The van der Waals surface area contributed by atoms with Crippen LogP contribution in [0.5, 0.6) is 0 Å². The quantitative estimate of drug-likeness (QED) is 0.783. The van der Waals surface area contributed by atoms with Gasteiger partial charge in [0.15, 0.2) is 0 Å². The van der Waals surface area contributed by atoms with Crippen molar-refractivity contribution >= 4 is 32.8 Å². The zero-order valence-electron chi connectivity index (χ0n) is 10.5. The number of carbonyl (C=O) groups is 1. The van der Waals surface area contributed by atoms with E-state index in [0.29, 0.717) is 16.6 Å². The summed E-state index contributed by atoms with van der Waals surface area (Å²) in [5.74, 6) is -0.977.